The molecule has 7 heteroatoms. The second-order valence-corrected chi connectivity index (χ2v) is 5.07. The molecule has 0 saturated heterocycles. The highest BCUT2D eigenvalue weighted by Crippen LogP contribution is 1.98. The highest BCUT2D eigenvalue weighted by molar-refractivity contribution is 14.0. The second-order valence-electron chi connectivity index (χ2n) is 5.07. The van der Waals surface area contributed by atoms with Gasteiger partial charge < -0.3 is 15.2 Å². The van der Waals surface area contributed by atoms with Gasteiger partial charge in [0.2, 0.25) is 0 Å². The van der Waals surface area contributed by atoms with Crippen LogP contribution in [0.1, 0.15) is 18.4 Å². The van der Waals surface area contributed by atoms with Gasteiger partial charge in [0, 0.05) is 26.7 Å². The molecule has 0 fully saturated rings. The van der Waals surface area contributed by atoms with E-state index in [-0.39, 0.29) is 24.0 Å². The molecule has 0 aliphatic heterocycles. The number of unbranched alkanes of at least 4 members (excludes halogenated alkanes) is 1. The molecular weight excluding hydrogens is 403 g/mol. The molecule has 0 saturated carbocycles. The summed E-state index contributed by atoms with van der Waals surface area (Å²) in [6.45, 7) is 2.74. The Kier molecular flexibility index (Phi) is 10.0. The van der Waals surface area contributed by atoms with Crippen molar-refractivity contribution in [2.24, 2.45) is 4.99 Å². The second kappa shape index (κ2) is 11.9. The highest BCUT2D eigenvalue weighted by Gasteiger charge is 1.98. The maximum Gasteiger partial charge on any atom is 0.190 e. The van der Waals surface area contributed by atoms with Gasteiger partial charge >= 0.3 is 0 Å². The minimum Gasteiger partial charge on any atom is -0.356 e. The van der Waals surface area contributed by atoms with Gasteiger partial charge in [0.05, 0.1) is 0 Å². The zero-order valence-electron chi connectivity index (χ0n) is 13.5. The lowest BCUT2D eigenvalue weighted by molar-refractivity contribution is 0.597. The third-order valence-electron chi connectivity index (χ3n) is 3.37. The standard InChI is InChI=1S/C16H24N6.HI/c1-17-16(19-11-9-15-7-3-2-4-8-15)18-10-5-6-12-22-13-20-21-14-22;/h2-4,7-8,13-14H,5-6,9-12H2,1H3,(H2,17,18,19);1H. The number of benzene rings is 1. The number of aliphatic imine (C=N–C) groups is 1. The van der Waals surface area contributed by atoms with Crippen LogP contribution in [0.2, 0.25) is 0 Å². The number of rotatable bonds is 8. The molecule has 0 unspecified atom stereocenters. The van der Waals surface area contributed by atoms with E-state index in [1.807, 2.05) is 10.6 Å². The van der Waals surface area contributed by atoms with E-state index in [4.69, 9.17) is 0 Å². The van der Waals surface area contributed by atoms with E-state index >= 15 is 0 Å². The van der Waals surface area contributed by atoms with Crippen molar-refractivity contribution in [3.8, 4) is 0 Å². The van der Waals surface area contributed by atoms with E-state index < -0.39 is 0 Å². The summed E-state index contributed by atoms with van der Waals surface area (Å²) in [5.41, 5.74) is 1.33. The first-order valence-electron chi connectivity index (χ1n) is 7.69. The molecule has 2 rings (SSSR count). The average Bonchev–Trinajstić information content (AvgIpc) is 3.07. The predicted molar refractivity (Wildman–Crippen MR) is 104 cm³/mol. The van der Waals surface area contributed by atoms with E-state index in [2.05, 4.69) is 50.1 Å². The summed E-state index contributed by atoms with van der Waals surface area (Å²) in [6.07, 6.45) is 6.66. The molecule has 0 amide bonds. The molecule has 0 atom stereocenters. The van der Waals surface area contributed by atoms with Gasteiger partial charge in [-0.15, -0.1) is 34.2 Å². The topological polar surface area (TPSA) is 67.1 Å². The largest absolute Gasteiger partial charge is 0.356 e. The Labute approximate surface area is 154 Å². The molecule has 23 heavy (non-hydrogen) atoms. The van der Waals surface area contributed by atoms with E-state index in [9.17, 15) is 0 Å². The normalized spacial score (nSPS) is 10.9. The minimum atomic E-state index is 0. The van der Waals surface area contributed by atoms with E-state index in [0.29, 0.717) is 0 Å². The number of guanidine groups is 1. The third kappa shape index (κ3) is 7.96. The molecule has 1 aromatic heterocycles. The Morgan fingerprint density at radius 3 is 2.43 bits per heavy atom. The van der Waals surface area contributed by atoms with Crippen molar-refractivity contribution in [1.29, 1.82) is 0 Å². The van der Waals surface area contributed by atoms with Gasteiger partial charge in [0.1, 0.15) is 12.7 Å². The Morgan fingerprint density at radius 1 is 1.04 bits per heavy atom. The molecule has 0 bridgehead atoms. The van der Waals surface area contributed by atoms with Crippen molar-refractivity contribution in [1.82, 2.24) is 25.4 Å². The minimum absolute atomic E-state index is 0. The zero-order valence-corrected chi connectivity index (χ0v) is 15.8. The molecule has 0 aliphatic rings. The Balaban J connectivity index is 0.00000264. The highest BCUT2D eigenvalue weighted by atomic mass is 127. The molecule has 1 aromatic carbocycles. The van der Waals surface area contributed by atoms with Gasteiger partial charge in [-0.3, -0.25) is 4.99 Å². The Bertz CT molecular complexity index is 541. The summed E-state index contributed by atoms with van der Waals surface area (Å²) in [5, 5.41) is 14.2. The fraction of sp³-hybridized carbons (Fsp3) is 0.438. The van der Waals surface area contributed by atoms with Gasteiger partial charge in [0.15, 0.2) is 5.96 Å². The Hall–Kier alpha value is -1.64. The fourth-order valence-electron chi connectivity index (χ4n) is 2.15. The molecule has 6 nitrogen and oxygen atoms in total. The summed E-state index contributed by atoms with van der Waals surface area (Å²) in [6, 6.07) is 10.5. The van der Waals surface area contributed by atoms with Gasteiger partial charge in [-0.1, -0.05) is 30.3 Å². The van der Waals surface area contributed by atoms with Gasteiger partial charge in [-0.05, 0) is 24.8 Å². The third-order valence-corrected chi connectivity index (χ3v) is 3.37. The van der Waals surface area contributed by atoms with Crippen LogP contribution in [0.15, 0.2) is 48.0 Å². The first-order chi connectivity index (χ1) is 10.9. The fourth-order valence-corrected chi connectivity index (χ4v) is 2.15. The summed E-state index contributed by atoms with van der Waals surface area (Å²) < 4.78 is 1.99. The maximum absolute atomic E-state index is 4.24. The van der Waals surface area contributed by atoms with Crippen LogP contribution in [-0.2, 0) is 13.0 Å². The van der Waals surface area contributed by atoms with Gasteiger partial charge in [-0.25, -0.2) is 0 Å². The molecule has 0 spiro atoms. The van der Waals surface area contributed by atoms with E-state index in [0.717, 1.165) is 44.9 Å². The predicted octanol–water partition coefficient (Wildman–Crippen LogP) is 2.08. The monoisotopic (exact) mass is 428 g/mol. The van der Waals surface area contributed by atoms with Crippen molar-refractivity contribution in [2.45, 2.75) is 25.8 Å². The number of halogens is 1. The lowest BCUT2D eigenvalue weighted by atomic mass is 10.1. The van der Waals surface area contributed by atoms with Crippen LogP contribution < -0.4 is 10.6 Å². The number of aryl methyl sites for hydroxylation is 1. The number of hydrogen-bond acceptors (Lipinski definition) is 3. The van der Waals surface area contributed by atoms with Crippen molar-refractivity contribution >= 4 is 29.9 Å². The van der Waals surface area contributed by atoms with Crippen molar-refractivity contribution in [3.63, 3.8) is 0 Å². The van der Waals surface area contributed by atoms with Crippen LogP contribution >= 0.6 is 24.0 Å². The van der Waals surface area contributed by atoms with Crippen LogP contribution in [0.4, 0.5) is 0 Å². The van der Waals surface area contributed by atoms with Gasteiger partial charge in [0.25, 0.3) is 0 Å². The lowest BCUT2D eigenvalue weighted by Gasteiger charge is -2.11. The molecule has 126 valence electrons. The SMILES string of the molecule is CN=C(NCCCCn1cnnc1)NCCc1ccccc1.I. The van der Waals surface area contributed by atoms with Crippen LogP contribution in [0, 0.1) is 0 Å². The average molecular weight is 428 g/mol. The van der Waals surface area contributed by atoms with Crippen LogP contribution in [-0.4, -0.2) is 40.9 Å². The number of nitrogens with zero attached hydrogens (tertiary/aromatic N) is 4. The zero-order chi connectivity index (χ0) is 15.5. The summed E-state index contributed by atoms with van der Waals surface area (Å²) >= 11 is 0. The van der Waals surface area contributed by atoms with E-state index in [1.165, 1.54) is 5.56 Å². The maximum atomic E-state index is 4.24. The molecule has 0 aliphatic carbocycles. The van der Waals surface area contributed by atoms with Crippen LogP contribution in [0.3, 0.4) is 0 Å². The van der Waals surface area contributed by atoms with Gasteiger partial charge in [-0.2, -0.15) is 0 Å². The first-order valence-corrected chi connectivity index (χ1v) is 7.69. The first kappa shape index (κ1) is 19.4. The van der Waals surface area contributed by atoms with Crippen molar-refractivity contribution in [3.05, 3.63) is 48.5 Å². The van der Waals surface area contributed by atoms with Crippen molar-refractivity contribution < 1.29 is 0 Å². The van der Waals surface area contributed by atoms with E-state index in [1.54, 1.807) is 19.7 Å². The number of hydrogen-bond donors (Lipinski definition) is 2. The molecule has 0 radical (unpaired) electrons. The van der Waals surface area contributed by atoms with Crippen LogP contribution in [0.5, 0.6) is 0 Å². The summed E-state index contributed by atoms with van der Waals surface area (Å²) in [5.74, 6) is 0.861. The molecule has 1 heterocycles. The smallest absolute Gasteiger partial charge is 0.190 e. The number of nitrogens with one attached hydrogen (secondary N) is 2. The number of aromatic nitrogens is 3. The molecule has 2 N–H and O–H groups in total. The quantitative estimate of drug-likeness (QED) is 0.293. The molecule has 2 aromatic rings. The van der Waals surface area contributed by atoms with Crippen molar-refractivity contribution in [2.75, 3.05) is 20.1 Å². The lowest BCUT2D eigenvalue weighted by Crippen LogP contribution is -2.38. The molecular formula is C16H25IN6. The Morgan fingerprint density at radius 2 is 1.74 bits per heavy atom. The summed E-state index contributed by atoms with van der Waals surface area (Å²) in [7, 11) is 1.80. The van der Waals surface area contributed by atoms with Crippen LogP contribution in [0.25, 0.3) is 0 Å². The summed E-state index contributed by atoms with van der Waals surface area (Å²) in [4.78, 5) is 4.24.